The van der Waals surface area contributed by atoms with E-state index in [4.69, 9.17) is 11.3 Å². The second-order valence-corrected chi connectivity index (χ2v) is 10.2. The number of hydrogen-bond acceptors (Lipinski definition) is 3. The molecule has 0 atom stereocenters. The first-order chi connectivity index (χ1) is 25.9. The molecule has 0 saturated carbocycles. The third-order valence-electron chi connectivity index (χ3n) is 6.67. The summed E-state index contributed by atoms with van der Waals surface area (Å²) in [6.45, 7) is 34.1. The first-order valence-electron chi connectivity index (χ1n) is 19.5. The molecule has 0 aliphatic carbocycles. The number of carbonyl (C=O) groups is 1. The maximum absolute atomic E-state index is 11.9. The summed E-state index contributed by atoms with van der Waals surface area (Å²) < 4.78 is 4.94. The number of aromatic nitrogens is 1. The zero-order valence-corrected chi connectivity index (χ0v) is 35.8. The Morgan fingerprint density at radius 1 is 0.741 bits per heavy atom. The van der Waals surface area contributed by atoms with E-state index in [1.54, 1.807) is 12.1 Å². The molecule has 2 heterocycles. The monoisotopic (exact) mass is 729 g/mol. The maximum atomic E-state index is 11.9. The molecule has 1 aromatic heterocycles. The van der Waals surface area contributed by atoms with Crippen LogP contribution in [0, 0.1) is 20.4 Å². The van der Waals surface area contributed by atoms with Gasteiger partial charge in [0.2, 0.25) is 0 Å². The van der Waals surface area contributed by atoms with Gasteiger partial charge in [-0.05, 0) is 48.4 Å². The summed E-state index contributed by atoms with van der Waals surface area (Å²) in [4.78, 5) is 29.3. The molecule has 1 aliphatic heterocycles. The van der Waals surface area contributed by atoms with Gasteiger partial charge < -0.3 is 16.6 Å². The molecule has 1 fully saturated rings. The van der Waals surface area contributed by atoms with Crippen LogP contribution in [0.2, 0.25) is 0 Å². The molecule has 1 saturated heterocycles. The van der Waals surface area contributed by atoms with E-state index in [9.17, 15) is 9.59 Å². The van der Waals surface area contributed by atoms with Crippen molar-refractivity contribution in [3.63, 3.8) is 0 Å². The van der Waals surface area contributed by atoms with Gasteiger partial charge in [0.25, 0.3) is 5.56 Å². The molecule has 4 aromatic carbocycles. The largest absolute Gasteiger partial charge is 1.00 e. The number of nitrogens with zero attached hydrogens (tertiary/aromatic N) is 1. The number of carbonyl (C=O) groups excluding carboxylic acids is 1. The van der Waals surface area contributed by atoms with Gasteiger partial charge in [0, 0.05) is 36.3 Å². The number of H-pyrrole nitrogens is 1. The van der Waals surface area contributed by atoms with Crippen LogP contribution in [-0.2, 0) is 4.74 Å². The van der Waals surface area contributed by atoms with Gasteiger partial charge in [-0.3, -0.25) is 9.59 Å². The van der Waals surface area contributed by atoms with Gasteiger partial charge in [-0.1, -0.05) is 179 Å². The van der Waals surface area contributed by atoms with Crippen LogP contribution >= 0.6 is 0 Å². The molecule has 5 nitrogen and oxygen atoms in total. The van der Waals surface area contributed by atoms with Crippen LogP contribution < -0.4 is 24.4 Å². The van der Waals surface area contributed by atoms with E-state index in [0.29, 0.717) is 12.1 Å². The Labute approximate surface area is 342 Å². The molecule has 1 N–H and O–H groups in total. The minimum absolute atomic E-state index is 0. The number of para-hydroxylation sites is 1. The van der Waals surface area contributed by atoms with E-state index in [-0.39, 0.29) is 30.2 Å². The number of ketones is 1. The number of hydrogen-bond donors (Lipinski definition) is 1. The van der Waals surface area contributed by atoms with Crippen LogP contribution in [0.5, 0.6) is 0 Å². The summed E-state index contributed by atoms with van der Waals surface area (Å²) in [6, 6.07) is 36.3. The van der Waals surface area contributed by atoms with Crippen molar-refractivity contribution in [1.29, 1.82) is 0 Å². The smallest absolute Gasteiger partial charge is 0.381 e. The number of nitrogens with one attached hydrogen (secondary N) is 1. The van der Waals surface area contributed by atoms with Crippen LogP contribution in [-0.4, -0.2) is 24.0 Å². The Balaban J connectivity index is -0.000000296. The number of ether oxygens (including phenoxy) is 1. The summed E-state index contributed by atoms with van der Waals surface area (Å²) in [5.41, 5.74) is 4.47. The van der Waals surface area contributed by atoms with Crippen LogP contribution in [0.25, 0.3) is 26.9 Å². The van der Waals surface area contributed by atoms with Crippen LogP contribution in [0.4, 0.5) is 5.69 Å². The Morgan fingerprint density at radius 2 is 1.20 bits per heavy atom. The minimum Gasteiger partial charge on any atom is -0.381 e. The van der Waals surface area contributed by atoms with Crippen LogP contribution in [0.3, 0.4) is 0 Å². The zero-order valence-electron chi connectivity index (χ0n) is 35.8. The van der Waals surface area contributed by atoms with Gasteiger partial charge >= 0.3 is 18.9 Å². The van der Waals surface area contributed by atoms with E-state index in [1.807, 2.05) is 172 Å². The van der Waals surface area contributed by atoms with Crippen molar-refractivity contribution < 1.29 is 28.4 Å². The fourth-order valence-electron chi connectivity index (χ4n) is 4.07. The van der Waals surface area contributed by atoms with Gasteiger partial charge in [0.15, 0.2) is 11.5 Å². The molecular weight excluding hydrogens is 659 g/mol. The van der Waals surface area contributed by atoms with Gasteiger partial charge in [-0.15, -0.1) is 0 Å². The van der Waals surface area contributed by atoms with Gasteiger partial charge in [0.05, 0.1) is 6.57 Å². The van der Waals surface area contributed by atoms with E-state index >= 15 is 0 Å². The summed E-state index contributed by atoms with van der Waals surface area (Å²) in [7, 11) is 0. The molecule has 0 bridgehead atoms. The van der Waals surface area contributed by atoms with Crippen LogP contribution in [0.15, 0.2) is 120 Å². The predicted octanol–water partition coefficient (Wildman–Crippen LogP) is 11.5. The molecule has 290 valence electrons. The van der Waals surface area contributed by atoms with Crippen molar-refractivity contribution in [2.75, 3.05) is 13.2 Å². The molecule has 0 amide bonds. The fourth-order valence-corrected chi connectivity index (χ4v) is 4.07. The number of aryl methyl sites for hydroxylation is 1. The van der Waals surface area contributed by atoms with E-state index in [2.05, 4.69) is 23.7 Å². The second-order valence-electron chi connectivity index (χ2n) is 10.2. The predicted molar refractivity (Wildman–Crippen MR) is 234 cm³/mol. The minimum atomic E-state index is -0.0399. The molecule has 0 unspecified atom stereocenters. The number of fused-ring (bicyclic) bond motifs is 1. The Bertz CT molecular complexity index is 1630. The molecular formula is C48H69LiN2O3. The molecule has 0 radical (unpaired) electrons. The van der Waals surface area contributed by atoms with Crippen molar-refractivity contribution >= 4 is 22.2 Å². The molecule has 5 aromatic rings. The average Bonchev–Trinajstić information content (AvgIpc) is 3.86. The fraction of sp³-hybridized carbons (Fsp3) is 0.375. The summed E-state index contributed by atoms with van der Waals surface area (Å²) in [5.74, 6) is 0.225. The summed E-state index contributed by atoms with van der Waals surface area (Å²) in [6.07, 6.45) is 5.42. The standard InChI is InChI=1S/C15H11NO.C10H12O.C7H5N.C4H8O.C4H9.4C2H6.Li/c17-15-13-9-5-4-8-12(13)10-14(16-15)11-6-2-1-3-7-11;1-3-10(11)9-7-5-4-6-8(9)2;1-8-7-5-3-2-4-6-7;1-2-4-5-3-1;1-3-4-2;4*1-2;/h1-10H,(H,16,17);4-7H,3H2,1-2H3;2-6H;1-4H2;1,3-4H2,2H3;4*1-2H3;/q;;;;-1;;;;;+1. The Hall–Kier alpha value is -4.19. The number of aromatic amines is 1. The van der Waals surface area contributed by atoms with Gasteiger partial charge in [0.1, 0.15) is 0 Å². The van der Waals surface area contributed by atoms with Gasteiger partial charge in [-0.2, -0.15) is 6.42 Å². The number of rotatable bonds is 4. The molecule has 1 aliphatic rings. The number of benzene rings is 4. The quantitative estimate of drug-likeness (QED) is 0.114. The average molecular weight is 729 g/mol. The molecule has 0 spiro atoms. The third-order valence-corrected chi connectivity index (χ3v) is 6.67. The van der Waals surface area contributed by atoms with E-state index in [1.165, 1.54) is 19.3 Å². The first kappa shape index (κ1) is 56.5. The SMILES string of the molecule is C1CCOC1.CC.CC.CC.CC.CCC(=O)c1ccccc1C.O=c1[nH]c(-c2ccccc2)cc2ccccc12.[C-]#[N+]c1ccccc1.[CH2-]CCC.[Li+]. The zero-order chi connectivity index (χ0) is 40.7. The van der Waals surface area contributed by atoms with Crippen molar-refractivity contribution in [1.82, 2.24) is 4.98 Å². The molecule has 54 heavy (non-hydrogen) atoms. The van der Waals surface area contributed by atoms with E-state index < -0.39 is 0 Å². The van der Waals surface area contributed by atoms with Gasteiger partial charge in [-0.25, -0.2) is 4.85 Å². The first-order valence-corrected chi connectivity index (χ1v) is 19.5. The maximum Gasteiger partial charge on any atom is 1.00 e. The molecule has 6 heteroatoms. The normalized spacial score (nSPS) is 9.69. The topological polar surface area (TPSA) is 63.5 Å². The number of unbranched alkanes of at least 4 members (excludes halogenated alkanes) is 1. The van der Waals surface area contributed by atoms with Crippen molar-refractivity contribution in [3.8, 4) is 11.3 Å². The summed E-state index contributed by atoms with van der Waals surface area (Å²) >= 11 is 0. The third kappa shape index (κ3) is 25.7. The van der Waals surface area contributed by atoms with Crippen LogP contribution in [0.1, 0.15) is 117 Å². The van der Waals surface area contributed by atoms with Crippen molar-refractivity contribution in [2.24, 2.45) is 0 Å². The number of pyridine rings is 1. The second kappa shape index (κ2) is 41.6. The van der Waals surface area contributed by atoms with Crippen molar-refractivity contribution in [3.05, 3.63) is 155 Å². The number of Topliss-reactive ketones (excluding diaryl/α,β-unsaturated/α-hetero) is 1. The Morgan fingerprint density at radius 3 is 1.63 bits per heavy atom. The van der Waals surface area contributed by atoms with Crippen molar-refractivity contribution in [2.45, 2.75) is 108 Å². The Kier molecular flexibility index (Phi) is 43.5. The molecule has 6 rings (SSSR count). The van der Waals surface area contributed by atoms with E-state index in [0.717, 1.165) is 52.8 Å². The summed E-state index contributed by atoms with van der Waals surface area (Å²) in [5, 5.41) is 1.70.